The average molecular weight is 367 g/mol. The molecular weight excluding hydrogens is 336 g/mol. The number of amides is 1. The van der Waals surface area contributed by atoms with Gasteiger partial charge in [-0.2, -0.15) is 0 Å². The molecule has 4 heteroatoms. The monoisotopic (exact) mass is 366 g/mol. The highest BCUT2D eigenvalue weighted by Gasteiger charge is 2.42. The molecule has 1 aliphatic rings. The van der Waals surface area contributed by atoms with Crippen LogP contribution in [0.15, 0.2) is 60.7 Å². The minimum absolute atomic E-state index is 0.0246. The molecule has 0 aromatic heterocycles. The molecule has 27 heavy (non-hydrogen) atoms. The summed E-state index contributed by atoms with van der Waals surface area (Å²) < 4.78 is 0. The van der Waals surface area contributed by atoms with Crippen molar-refractivity contribution < 1.29 is 9.90 Å². The summed E-state index contributed by atoms with van der Waals surface area (Å²) in [6.07, 6.45) is 2.53. The van der Waals surface area contributed by atoms with Gasteiger partial charge in [-0.1, -0.05) is 74.5 Å². The Kier molecular flexibility index (Phi) is 6.30. The van der Waals surface area contributed by atoms with E-state index in [-0.39, 0.29) is 11.9 Å². The first-order valence-corrected chi connectivity index (χ1v) is 9.89. The Morgan fingerprint density at radius 2 is 1.67 bits per heavy atom. The Labute approximate surface area is 162 Å². The van der Waals surface area contributed by atoms with E-state index >= 15 is 0 Å². The minimum atomic E-state index is -1.29. The Balaban J connectivity index is 2.01. The number of aliphatic hydroxyl groups is 1. The fourth-order valence-corrected chi connectivity index (χ4v) is 3.94. The summed E-state index contributed by atoms with van der Waals surface area (Å²) in [5.41, 5.74) is 0.296. The molecule has 2 atom stereocenters. The van der Waals surface area contributed by atoms with Crippen molar-refractivity contribution in [2.45, 2.75) is 50.8 Å². The van der Waals surface area contributed by atoms with Gasteiger partial charge in [0.05, 0.1) is 12.1 Å². The Morgan fingerprint density at radius 1 is 1.11 bits per heavy atom. The van der Waals surface area contributed by atoms with E-state index in [9.17, 15) is 9.90 Å². The molecule has 0 saturated carbocycles. The lowest BCUT2D eigenvalue weighted by atomic mass is 9.77. The summed E-state index contributed by atoms with van der Waals surface area (Å²) in [4.78, 5) is 12.9. The van der Waals surface area contributed by atoms with Gasteiger partial charge in [-0.05, 0) is 42.9 Å². The molecule has 0 radical (unpaired) electrons. The molecule has 1 aliphatic heterocycles. The SMILES string of the molecule is CC(C)C[C@@H](NC(=O)[C@H]1CCCN1)C(O)(c1ccccc1)c1ccccc1. The van der Waals surface area contributed by atoms with Gasteiger partial charge in [0.15, 0.2) is 0 Å². The first-order valence-electron chi connectivity index (χ1n) is 9.89. The third-order valence-electron chi connectivity index (χ3n) is 5.33. The maximum Gasteiger partial charge on any atom is 0.237 e. The van der Waals surface area contributed by atoms with E-state index in [2.05, 4.69) is 24.5 Å². The van der Waals surface area contributed by atoms with Crippen LogP contribution in [-0.4, -0.2) is 29.6 Å². The van der Waals surface area contributed by atoms with Gasteiger partial charge < -0.3 is 15.7 Å². The number of rotatable bonds is 7. The molecule has 144 valence electrons. The largest absolute Gasteiger partial charge is 0.378 e. The summed E-state index contributed by atoms with van der Waals surface area (Å²) in [6.45, 7) is 5.10. The third kappa shape index (κ3) is 4.40. The predicted octanol–water partition coefficient (Wildman–Crippen LogP) is 3.21. The van der Waals surface area contributed by atoms with Crippen LogP contribution in [0.2, 0.25) is 0 Å². The smallest absolute Gasteiger partial charge is 0.237 e. The molecule has 1 saturated heterocycles. The second-order valence-electron chi connectivity index (χ2n) is 7.84. The van der Waals surface area contributed by atoms with Gasteiger partial charge in [0.1, 0.15) is 5.60 Å². The summed E-state index contributed by atoms with van der Waals surface area (Å²) in [7, 11) is 0. The highest BCUT2D eigenvalue weighted by atomic mass is 16.3. The zero-order chi connectivity index (χ0) is 19.3. The molecule has 0 spiro atoms. The van der Waals surface area contributed by atoms with Gasteiger partial charge in [-0.25, -0.2) is 0 Å². The fraction of sp³-hybridized carbons (Fsp3) is 0.435. The average Bonchev–Trinajstić information content (AvgIpc) is 3.23. The molecule has 2 aromatic rings. The first-order chi connectivity index (χ1) is 13.0. The lowest BCUT2D eigenvalue weighted by Crippen LogP contribution is -2.55. The number of hydrogen-bond acceptors (Lipinski definition) is 3. The van der Waals surface area contributed by atoms with E-state index in [1.165, 1.54) is 0 Å². The predicted molar refractivity (Wildman–Crippen MR) is 108 cm³/mol. The molecule has 3 rings (SSSR count). The maximum atomic E-state index is 12.9. The number of hydrogen-bond donors (Lipinski definition) is 3. The molecule has 0 unspecified atom stereocenters. The fourth-order valence-electron chi connectivity index (χ4n) is 3.94. The van der Waals surface area contributed by atoms with E-state index < -0.39 is 11.6 Å². The van der Waals surface area contributed by atoms with Gasteiger partial charge in [0.2, 0.25) is 5.91 Å². The summed E-state index contributed by atoms with van der Waals surface area (Å²) >= 11 is 0. The van der Waals surface area contributed by atoms with Gasteiger partial charge in [-0.15, -0.1) is 0 Å². The van der Waals surface area contributed by atoms with Gasteiger partial charge in [0.25, 0.3) is 0 Å². The molecular formula is C23H30N2O2. The molecule has 0 aliphatic carbocycles. The lowest BCUT2D eigenvalue weighted by molar-refractivity contribution is -0.125. The third-order valence-corrected chi connectivity index (χ3v) is 5.33. The highest BCUT2D eigenvalue weighted by Crippen LogP contribution is 2.35. The van der Waals surface area contributed by atoms with Crippen LogP contribution in [0.25, 0.3) is 0 Å². The zero-order valence-corrected chi connectivity index (χ0v) is 16.2. The number of benzene rings is 2. The normalized spacial score (nSPS) is 18.4. The van der Waals surface area contributed by atoms with Crippen molar-refractivity contribution in [3.05, 3.63) is 71.8 Å². The van der Waals surface area contributed by atoms with Crippen molar-refractivity contribution in [2.24, 2.45) is 5.92 Å². The number of carbonyl (C=O) groups excluding carboxylic acids is 1. The Hall–Kier alpha value is -2.17. The van der Waals surface area contributed by atoms with Gasteiger partial charge in [0, 0.05) is 0 Å². The van der Waals surface area contributed by atoms with Crippen LogP contribution in [-0.2, 0) is 10.4 Å². The van der Waals surface area contributed by atoms with Crippen LogP contribution in [0.4, 0.5) is 0 Å². The standard InChI is InChI=1S/C23H30N2O2/c1-17(2)16-21(25-22(26)20-14-9-15-24-20)23(27,18-10-5-3-6-11-18)19-12-7-4-8-13-19/h3-8,10-13,17,20-21,24,27H,9,14-16H2,1-2H3,(H,25,26)/t20-,21-/m1/s1. The Bertz CT molecular complexity index is 685. The van der Waals surface area contributed by atoms with Crippen LogP contribution in [0.5, 0.6) is 0 Å². The minimum Gasteiger partial charge on any atom is -0.378 e. The zero-order valence-electron chi connectivity index (χ0n) is 16.2. The van der Waals surface area contributed by atoms with Crippen LogP contribution in [0.3, 0.4) is 0 Å². The van der Waals surface area contributed by atoms with Gasteiger partial charge in [-0.3, -0.25) is 4.79 Å². The number of nitrogens with one attached hydrogen (secondary N) is 2. The van der Waals surface area contributed by atoms with E-state index in [4.69, 9.17) is 0 Å². The van der Waals surface area contributed by atoms with Crippen LogP contribution < -0.4 is 10.6 Å². The second kappa shape index (κ2) is 8.68. The van der Waals surface area contributed by atoms with Crippen LogP contribution >= 0.6 is 0 Å². The molecule has 2 aromatic carbocycles. The molecule has 4 nitrogen and oxygen atoms in total. The first kappa shape index (κ1) is 19.6. The lowest BCUT2D eigenvalue weighted by Gasteiger charge is -2.39. The maximum absolute atomic E-state index is 12.9. The summed E-state index contributed by atoms with van der Waals surface area (Å²) in [5.74, 6) is 0.300. The summed E-state index contributed by atoms with van der Waals surface area (Å²) in [6, 6.07) is 18.7. The Morgan fingerprint density at radius 3 is 2.11 bits per heavy atom. The van der Waals surface area contributed by atoms with Gasteiger partial charge >= 0.3 is 0 Å². The van der Waals surface area contributed by atoms with Crippen molar-refractivity contribution in [3.63, 3.8) is 0 Å². The topological polar surface area (TPSA) is 61.4 Å². The van der Waals surface area contributed by atoms with Crippen LogP contribution in [0.1, 0.15) is 44.2 Å². The molecule has 1 fully saturated rings. The van der Waals surface area contributed by atoms with E-state index in [0.717, 1.165) is 30.5 Å². The summed E-state index contributed by atoms with van der Waals surface area (Å²) in [5, 5.41) is 18.4. The number of carbonyl (C=O) groups is 1. The van der Waals surface area contributed by atoms with E-state index in [0.29, 0.717) is 12.3 Å². The second-order valence-corrected chi connectivity index (χ2v) is 7.84. The van der Waals surface area contributed by atoms with Crippen molar-refractivity contribution in [3.8, 4) is 0 Å². The van der Waals surface area contributed by atoms with E-state index in [1.807, 2.05) is 60.7 Å². The van der Waals surface area contributed by atoms with Crippen molar-refractivity contribution in [1.82, 2.24) is 10.6 Å². The van der Waals surface area contributed by atoms with Crippen molar-refractivity contribution in [2.75, 3.05) is 6.54 Å². The quantitative estimate of drug-likeness (QED) is 0.705. The molecule has 1 amide bonds. The highest BCUT2D eigenvalue weighted by molar-refractivity contribution is 5.82. The molecule has 3 N–H and O–H groups in total. The van der Waals surface area contributed by atoms with Crippen molar-refractivity contribution in [1.29, 1.82) is 0 Å². The molecule has 0 bridgehead atoms. The van der Waals surface area contributed by atoms with Crippen molar-refractivity contribution >= 4 is 5.91 Å². The van der Waals surface area contributed by atoms with Crippen LogP contribution in [0, 0.1) is 5.92 Å². The van der Waals surface area contributed by atoms with E-state index in [1.54, 1.807) is 0 Å². The molecule has 1 heterocycles.